The SMILES string of the molecule is CCNc1nnc(COc2cc(C)ccc2C)s1. The van der Waals surface area contributed by atoms with Gasteiger partial charge >= 0.3 is 0 Å². The Hall–Kier alpha value is -1.62. The Labute approximate surface area is 111 Å². The number of aryl methyl sites for hydroxylation is 2. The van der Waals surface area contributed by atoms with Crippen LogP contribution in [0.25, 0.3) is 0 Å². The van der Waals surface area contributed by atoms with Gasteiger partial charge in [0.25, 0.3) is 0 Å². The molecule has 96 valence electrons. The van der Waals surface area contributed by atoms with Crippen molar-refractivity contribution in [1.29, 1.82) is 0 Å². The maximum Gasteiger partial charge on any atom is 0.205 e. The monoisotopic (exact) mass is 263 g/mol. The number of hydrogen-bond donors (Lipinski definition) is 1. The Morgan fingerprint density at radius 1 is 1.28 bits per heavy atom. The lowest BCUT2D eigenvalue weighted by Crippen LogP contribution is -1.96. The average Bonchev–Trinajstić information content (AvgIpc) is 2.79. The maximum absolute atomic E-state index is 5.78. The molecule has 0 amide bonds. The van der Waals surface area contributed by atoms with Crippen molar-refractivity contribution in [3.63, 3.8) is 0 Å². The Morgan fingerprint density at radius 3 is 2.89 bits per heavy atom. The summed E-state index contributed by atoms with van der Waals surface area (Å²) in [6.07, 6.45) is 0. The highest BCUT2D eigenvalue weighted by Crippen LogP contribution is 2.22. The molecule has 0 saturated heterocycles. The molecule has 0 aliphatic carbocycles. The van der Waals surface area contributed by atoms with Crippen LogP contribution in [0, 0.1) is 13.8 Å². The van der Waals surface area contributed by atoms with Gasteiger partial charge in [0.15, 0.2) is 5.01 Å². The first-order valence-electron chi connectivity index (χ1n) is 5.95. The molecule has 4 nitrogen and oxygen atoms in total. The summed E-state index contributed by atoms with van der Waals surface area (Å²) in [5.74, 6) is 0.912. The lowest BCUT2D eigenvalue weighted by atomic mass is 10.1. The van der Waals surface area contributed by atoms with Crippen LogP contribution in [0.2, 0.25) is 0 Å². The molecule has 0 fully saturated rings. The van der Waals surface area contributed by atoms with Crippen LogP contribution in [0.3, 0.4) is 0 Å². The van der Waals surface area contributed by atoms with Gasteiger partial charge in [-0.05, 0) is 38.0 Å². The summed E-state index contributed by atoms with van der Waals surface area (Å²) >= 11 is 1.53. The van der Waals surface area contributed by atoms with E-state index in [4.69, 9.17) is 4.74 Å². The highest BCUT2D eigenvalue weighted by atomic mass is 32.1. The van der Waals surface area contributed by atoms with E-state index < -0.39 is 0 Å². The van der Waals surface area contributed by atoms with E-state index in [0.29, 0.717) is 6.61 Å². The first kappa shape index (κ1) is 12.8. The van der Waals surface area contributed by atoms with E-state index in [1.165, 1.54) is 16.9 Å². The highest BCUT2D eigenvalue weighted by molar-refractivity contribution is 7.15. The zero-order valence-corrected chi connectivity index (χ0v) is 11.7. The third-order valence-corrected chi connectivity index (χ3v) is 3.34. The van der Waals surface area contributed by atoms with Gasteiger partial charge in [0.2, 0.25) is 5.13 Å². The smallest absolute Gasteiger partial charge is 0.205 e. The second kappa shape index (κ2) is 5.82. The Bertz CT molecular complexity index is 525. The highest BCUT2D eigenvalue weighted by Gasteiger charge is 2.05. The summed E-state index contributed by atoms with van der Waals surface area (Å²) in [6, 6.07) is 6.19. The first-order chi connectivity index (χ1) is 8.69. The number of ether oxygens (including phenoxy) is 1. The second-order valence-corrected chi connectivity index (χ2v) is 5.15. The largest absolute Gasteiger partial charge is 0.486 e. The van der Waals surface area contributed by atoms with E-state index >= 15 is 0 Å². The number of nitrogens with one attached hydrogen (secondary N) is 1. The van der Waals surface area contributed by atoms with Gasteiger partial charge in [-0.1, -0.05) is 23.5 Å². The third kappa shape index (κ3) is 3.20. The van der Waals surface area contributed by atoms with Crippen LogP contribution in [-0.2, 0) is 6.61 Å². The topological polar surface area (TPSA) is 47.0 Å². The first-order valence-corrected chi connectivity index (χ1v) is 6.77. The maximum atomic E-state index is 5.78. The number of aromatic nitrogens is 2. The Kier molecular flexibility index (Phi) is 4.15. The molecule has 1 N–H and O–H groups in total. The van der Waals surface area contributed by atoms with Crippen LogP contribution in [-0.4, -0.2) is 16.7 Å². The van der Waals surface area contributed by atoms with Crippen molar-refractivity contribution in [2.24, 2.45) is 0 Å². The van der Waals surface area contributed by atoms with Crippen molar-refractivity contribution in [2.75, 3.05) is 11.9 Å². The van der Waals surface area contributed by atoms with Gasteiger partial charge in [-0.3, -0.25) is 0 Å². The minimum Gasteiger partial charge on any atom is -0.486 e. The van der Waals surface area contributed by atoms with E-state index in [9.17, 15) is 0 Å². The van der Waals surface area contributed by atoms with Crippen molar-refractivity contribution >= 4 is 16.5 Å². The molecular weight excluding hydrogens is 246 g/mol. The fourth-order valence-corrected chi connectivity index (χ4v) is 2.26. The number of nitrogens with zero attached hydrogens (tertiary/aromatic N) is 2. The Morgan fingerprint density at radius 2 is 2.11 bits per heavy atom. The van der Waals surface area contributed by atoms with Crippen LogP contribution in [0.15, 0.2) is 18.2 Å². The summed E-state index contributed by atoms with van der Waals surface area (Å²) < 4.78 is 5.78. The number of rotatable bonds is 5. The molecule has 0 aliphatic rings. The minimum absolute atomic E-state index is 0.466. The van der Waals surface area contributed by atoms with Crippen molar-refractivity contribution in [2.45, 2.75) is 27.4 Å². The van der Waals surface area contributed by atoms with Crippen LogP contribution < -0.4 is 10.1 Å². The van der Waals surface area contributed by atoms with Crippen molar-refractivity contribution in [3.05, 3.63) is 34.3 Å². The molecule has 0 spiro atoms. The molecular formula is C13H17N3OS. The minimum atomic E-state index is 0.466. The molecule has 5 heteroatoms. The van der Waals surface area contributed by atoms with E-state index in [1.807, 2.05) is 19.9 Å². The lowest BCUT2D eigenvalue weighted by Gasteiger charge is -2.07. The molecule has 0 atom stereocenters. The molecule has 2 rings (SSSR count). The summed E-state index contributed by atoms with van der Waals surface area (Å²) in [5.41, 5.74) is 2.33. The zero-order chi connectivity index (χ0) is 13.0. The number of anilines is 1. The standard InChI is InChI=1S/C13H17N3OS/c1-4-14-13-16-15-12(18-13)8-17-11-7-9(2)5-6-10(11)3/h5-7H,4,8H2,1-3H3,(H,14,16). The van der Waals surface area contributed by atoms with E-state index in [-0.39, 0.29) is 0 Å². The number of benzene rings is 1. The number of hydrogen-bond acceptors (Lipinski definition) is 5. The molecule has 1 aromatic heterocycles. The normalized spacial score (nSPS) is 10.4. The summed E-state index contributed by atoms with van der Waals surface area (Å²) in [4.78, 5) is 0. The molecule has 0 unspecified atom stereocenters. The summed E-state index contributed by atoms with van der Waals surface area (Å²) in [5, 5.41) is 13.0. The van der Waals surface area contributed by atoms with Gasteiger partial charge in [0.05, 0.1) is 0 Å². The third-order valence-electron chi connectivity index (χ3n) is 2.49. The molecule has 18 heavy (non-hydrogen) atoms. The zero-order valence-electron chi connectivity index (χ0n) is 10.9. The molecule has 2 aromatic rings. The quantitative estimate of drug-likeness (QED) is 0.900. The summed E-state index contributed by atoms with van der Waals surface area (Å²) in [7, 11) is 0. The fraction of sp³-hybridized carbons (Fsp3) is 0.385. The van der Waals surface area contributed by atoms with Gasteiger partial charge in [0.1, 0.15) is 12.4 Å². The van der Waals surface area contributed by atoms with Gasteiger partial charge in [-0.15, -0.1) is 10.2 Å². The van der Waals surface area contributed by atoms with Crippen LogP contribution in [0.5, 0.6) is 5.75 Å². The van der Waals surface area contributed by atoms with Crippen molar-refractivity contribution < 1.29 is 4.74 Å². The fourth-order valence-electron chi connectivity index (χ4n) is 1.54. The lowest BCUT2D eigenvalue weighted by molar-refractivity contribution is 0.302. The van der Waals surface area contributed by atoms with E-state index in [1.54, 1.807) is 0 Å². The summed E-state index contributed by atoms with van der Waals surface area (Å²) in [6.45, 7) is 7.45. The van der Waals surface area contributed by atoms with Gasteiger partial charge in [-0.2, -0.15) is 0 Å². The molecule has 1 heterocycles. The molecule has 0 bridgehead atoms. The molecule has 0 radical (unpaired) electrons. The predicted molar refractivity (Wildman–Crippen MR) is 74.3 cm³/mol. The van der Waals surface area contributed by atoms with Gasteiger partial charge in [0, 0.05) is 6.54 Å². The van der Waals surface area contributed by atoms with Crippen LogP contribution in [0.1, 0.15) is 23.1 Å². The average molecular weight is 263 g/mol. The molecule has 0 aliphatic heterocycles. The van der Waals surface area contributed by atoms with Gasteiger partial charge < -0.3 is 10.1 Å². The predicted octanol–water partition coefficient (Wildman–Crippen LogP) is 3.17. The molecule has 0 saturated carbocycles. The van der Waals surface area contributed by atoms with Gasteiger partial charge in [-0.25, -0.2) is 0 Å². The van der Waals surface area contributed by atoms with Crippen LogP contribution in [0.4, 0.5) is 5.13 Å². The van der Waals surface area contributed by atoms with Crippen LogP contribution >= 0.6 is 11.3 Å². The van der Waals surface area contributed by atoms with Crippen molar-refractivity contribution in [3.8, 4) is 5.75 Å². The Balaban J connectivity index is 1.99. The molecule has 1 aromatic carbocycles. The van der Waals surface area contributed by atoms with Crippen molar-refractivity contribution in [1.82, 2.24) is 10.2 Å². The second-order valence-electron chi connectivity index (χ2n) is 4.09. The van der Waals surface area contributed by atoms with E-state index in [2.05, 4.69) is 34.6 Å². The van der Waals surface area contributed by atoms with E-state index in [0.717, 1.165) is 28.0 Å².